The van der Waals surface area contributed by atoms with Crippen LogP contribution in [0.5, 0.6) is 5.75 Å². The lowest BCUT2D eigenvalue weighted by molar-refractivity contribution is 0.172. The van der Waals surface area contributed by atoms with E-state index < -0.39 is 0 Å². The lowest BCUT2D eigenvalue weighted by atomic mass is 9.90. The molecule has 0 radical (unpaired) electrons. The molecule has 1 aliphatic carbocycles. The molecule has 0 saturated heterocycles. The van der Waals surface area contributed by atoms with Crippen molar-refractivity contribution in [2.24, 2.45) is 10.7 Å². The molecule has 3 rings (SSSR count). The zero-order chi connectivity index (χ0) is 18.9. The van der Waals surface area contributed by atoms with Gasteiger partial charge in [0.15, 0.2) is 5.96 Å². The number of rotatable bonds is 8. The summed E-state index contributed by atoms with van der Waals surface area (Å²) in [6.07, 6.45) is 5.63. The van der Waals surface area contributed by atoms with Crippen LogP contribution < -0.4 is 15.8 Å². The molecule has 3 N–H and O–H groups in total. The molecule has 5 nitrogen and oxygen atoms in total. The van der Waals surface area contributed by atoms with E-state index in [1.54, 1.807) is 7.11 Å². The number of methoxy groups -OCH3 is 1. The van der Waals surface area contributed by atoms with Crippen LogP contribution in [0.25, 0.3) is 0 Å². The fourth-order valence-electron chi connectivity index (χ4n) is 3.38. The summed E-state index contributed by atoms with van der Waals surface area (Å²) in [6.45, 7) is 1.86. The minimum Gasteiger partial charge on any atom is -0.493 e. The second kappa shape index (κ2) is 11.9. The molecule has 2 aromatic carbocycles. The number of benzene rings is 2. The number of halogens is 1. The van der Waals surface area contributed by atoms with Gasteiger partial charge in [0.2, 0.25) is 0 Å². The molecular formula is C22H30IN3O2. The van der Waals surface area contributed by atoms with Crippen LogP contribution in [-0.2, 0) is 24.1 Å². The van der Waals surface area contributed by atoms with Crippen molar-refractivity contribution in [3.63, 3.8) is 0 Å². The van der Waals surface area contributed by atoms with Gasteiger partial charge in [-0.25, -0.2) is 4.99 Å². The fraction of sp³-hybridized carbons (Fsp3) is 0.409. The summed E-state index contributed by atoms with van der Waals surface area (Å²) < 4.78 is 10.8. The Bertz CT molecular complexity index is 780. The van der Waals surface area contributed by atoms with Crippen molar-refractivity contribution in [3.05, 3.63) is 59.2 Å². The molecule has 0 fully saturated rings. The summed E-state index contributed by atoms with van der Waals surface area (Å²) in [6, 6.07) is 14.4. The molecule has 1 aliphatic rings. The van der Waals surface area contributed by atoms with Gasteiger partial charge in [-0.2, -0.15) is 0 Å². The van der Waals surface area contributed by atoms with Gasteiger partial charge in [0.25, 0.3) is 0 Å². The zero-order valence-corrected chi connectivity index (χ0v) is 18.8. The normalized spacial score (nSPS) is 13.4. The van der Waals surface area contributed by atoms with Crippen molar-refractivity contribution in [3.8, 4) is 5.75 Å². The molecule has 0 unspecified atom stereocenters. The van der Waals surface area contributed by atoms with Crippen molar-refractivity contribution in [2.75, 3.05) is 25.6 Å². The van der Waals surface area contributed by atoms with E-state index in [0.29, 0.717) is 25.7 Å². The van der Waals surface area contributed by atoms with E-state index >= 15 is 0 Å². The highest BCUT2D eigenvalue weighted by Gasteiger charge is 2.13. The minimum absolute atomic E-state index is 0. The topological polar surface area (TPSA) is 68.9 Å². The molecule has 2 aromatic rings. The molecule has 6 heteroatoms. The molecule has 28 heavy (non-hydrogen) atoms. The third kappa shape index (κ3) is 6.67. The molecule has 0 heterocycles. The van der Waals surface area contributed by atoms with E-state index in [0.717, 1.165) is 36.3 Å². The molecule has 0 bridgehead atoms. The van der Waals surface area contributed by atoms with Crippen LogP contribution in [0.4, 0.5) is 5.69 Å². The Morgan fingerprint density at radius 2 is 1.93 bits per heavy atom. The summed E-state index contributed by atoms with van der Waals surface area (Å²) in [7, 11) is 1.70. The largest absolute Gasteiger partial charge is 0.493 e. The van der Waals surface area contributed by atoms with Crippen LogP contribution in [-0.4, -0.2) is 26.3 Å². The highest BCUT2D eigenvalue weighted by molar-refractivity contribution is 14.0. The first-order valence-corrected chi connectivity index (χ1v) is 9.64. The lowest BCUT2D eigenvalue weighted by Gasteiger charge is -2.19. The quantitative estimate of drug-likeness (QED) is 0.245. The van der Waals surface area contributed by atoms with Crippen molar-refractivity contribution in [1.82, 2.24) is 0 Å². The molecule has 0 aromatic heterocycles. The smallest absolute Gasteiger partial charge is 0.193 e. The second-order valence-corrected chi connectivity index (χ2v) is 6.82. The number of anilines is 1. The maximum absolute atomic E-state index is 6.13. The van der Waals surface area contributed by atoms with E-state index in [-0.39, 0.29) is 24.0 Å². The summed E-state index contributed by atoms with van der Waals surface area (Å²) in [5.74, 6) is 1.29. The summed E-state index contributed by atoms with van der Waals surface area (Å²) in [5.41, 5.74) is 11.1. The summed E-state index contributed by atoms with van der Waals surface area (Å²) >= 11 is 0. The highest BCUT2D eigenvalue weighted by atomic mass is 127. The number of nitrogens with two attached hydrogens (primary N) is 1. The Kier molecular flexibility index (Phi) is 9.57. The van der Waals surface area contributed by atoms with E-state index in [1.165, 1.54) is 24.0 Å². The maximum Gasteiger partial charge on any atom is 0.193 e. The van der Waals surface area contributed by atoms with Gasteiger partial charge < -0.3 is 20.5 Å². The van der Waals surface area contributed by atoms with Crippen molar-refractivity contribution in [1.29, 1.82) is 0 Å². The fourth-order valence-corrected chi connectivity index (χ4v) is 3.38. The highest BCUT2D eigenvalue weighted by Crippen LogP contribution is 2.27. The number of fused-ring (bicyclic) bond motifs is 1. The molecule has 0 atom stereocenters. The van der Waals surface area contributed by atoms with Crippen LogP contribution in [0.1, 0.15) is 36.0 Å². The molecule has 152 valence electrons. The lowest BCUT2D eigenvalue weighted by Crippen LogP contribution is -2.24. The third-order valence-electron chi connectivity index (χ3n) is 4.75. The first-order chi connectivity index (χ1) is 13.3. The predicted molar refractivity (Wildman–Crippen MR) is 126 cm³/mol. The third-order valence-corrected chi connectivity index (χ3v) is 4.75. The van der Waals surface area contributed by atoms with Gasteiger partial charge in [-0.05, 0) is 60.6 Å². The average molecular weight is 495 g/mol. The van der Waals surface area contributed by atoms with E-state index in [9.17, 15) is 0 Å². The van der Waals surface area contributed by atoms with Crippen LogP contribution in [0.2, 0.25) is 0 Å². The van der Waals surface area contributed by atoms with Gasteiger partial charge in [0.05, 0.1) is 13.2 Å². The van der Waals surface area contributed by atoms with E-state index in [1.807, 2.05) is 24.3 Å². The number of hydrogen-bond acceptors (Lipinski definition) is 3. The first kappa shape index (κ1) is 22.5. The Labute approximate surface area is 184 Å². The Hall–Kier alpha value is -1.80. The van der Waals surface area contributed by atoms with Gasteiger partial charge in [0, 0.05) is 25.8 Å². The SMILES string of the molecule is COCCCOc1cccc(CN=C(N)Nc2cccc3c2CCCC3)c1.I. The maximum atomic E-state index is 6.13. The number of aliphatic imine (C=N–C) groups is 1. The van der Waals surface area contributed by atoms with E-state index in [2.05, 4.69) is 28.5 Å². The monoisotopic (exact) mass is 495 g/mol. The average Bonchev–Trinajstić information content (AvgIpc) is 2.70. The Balaban J connectivity index is 0.00000280. The van der Waals surface area contributed by atoms with Crippen LogP contribution in [0.15, 0.2) is 47.5 Å². The van der Waals surface area contributed by atoms with Crippen LogP contribution in [0.3, 0.4) is 0 Å². The van der Waals surface area contributed by atoms with Crippen LogP contribution in [0, 0.1) is 0 Å². The van der Waals surface area contributed by atoms with Gasteiger partial charge in [0.1, 0.15) is 5.75 Å². The second-order valence-electron chi connectivity index (χ2n) is 6.82. The standard InChI is InChI=1S/C22H29N3O2.HI/c1-26-13-6-14-27-19-10-4-7-17(15-19)16-24-22(23)25-21-12-5-9-18-8-2-3-11-20(18)21;/h4-5,7,9-10,12,15H,2-3,6,8,11,13-14,16H2,1H3,(H3,23,24,25);1H. The predicted octanol–water partition coefficient (Wildman–Crippen LogP) is 4.53. The Morgan fingerprint density at radius 1 is 1.11 bits per heavy atom. The van der Waals surface area contributed by atoms with Crippen molar-refractivity contribution < 1.29 is 9.47 Å². The molecule has 0 saturated carbocycles. The van der Waals surface area contributed by atoms with Gasteiger partial charge in [-0.3, -0.25) is 0 Å². The summed E-state index contributed by atoms with van der Waals surface area (Å²) in [5, 5.41) is 3.29. The number of nitrogens with zero attached hydrogens (tertiary/aromatic N) is 1. The number of aryl methyl sites for hydroxylation is 1. The minimum atomic E-state index is 0. The zero-order valence-electron chi connectivity index (χ0n) is 16.4. The van der Waals surface area contributed by atoms with Crippen molar-refractivity contribution in [2.45, 2.75) is 38.6 Å². The Morgan fingerprint density at radius 3 is 2.79 bits per heavy atom. The molecule has 0 spiro atoms. The number of nitrogens with one attached hydrogen (secondary N) is 1. The molecular weight excluding hydrogens is 465 g/mol. The van der Waals surface area contributed by atoms with Crippen molar-refractivity contribution >= 4 is 35.6 Å². The van der Waals surface area contributed by atoms with Crippen LogP contribution >= 0.6 is 24.0 Å². The number of guanidine groups is 1. The molecule has 0 aliphatic heterocycles. The van der Waals surface area contributed by atoms with Gasteiger partial charge in [-0.15, -0.1) is 24.0 Å². The van der Waals surface area contributed by atoms with Gasteiger partial charge >= 0.3 is 0 Å². The van der Waals surface area contributed by atoms with E-state index in [4.69, 9.17) is 15.2 Å². The number of ether oxygens (including phenoxy) is 2. The summed E-state index contributed by atoms with van der Waals surface area (Å²) in [4.78, 5) is 4.50. The first-order valence-electron chi connectivity index (χ1n) is 9.64. The molecule has 0 amide bonds. The number of hydrogen-bond donors (Lipinski definition) is 2. The van der Waals surface area contributed by atoms with Gasteiger partial charge in [-0.1, -0.05) is 24.3 Å².